The summed E-state index contributed by atoms with van der Waals surface area (Å²) in [5.74, 6) is 1.19. The third-order valence-electron chi connectivity index (χ3n) is 6.16. The molecule has 1 atom stereocenters. The minimum Gasteiger partial charge on any atom is -0.457 e. The molecule has 0 N–H and O–H groups in total. The van der Waals surface area contributed by atoms with E-state index in [1.165, 1.54) is 18.3 Å². The first-order valence-corrected chi connectivity index (χ1v) is 13.0. The van der Waals surface area contributed by atoms with Crippen molar-refractivity contribution in [1.29, 1.82) is 0 Å². The predicted octanol–water partition coefficient (Wildman–Crippen LogP) is 4.91. The van der Waals surface area contributed by atoms with E-state index in [4.69, 9.17) is 4.42 Å². The van der Waals surface area contributed by atoms with Crippen molar-refractivity contribution in [2.75, 3.05) is 19.0 Å². The van der Waals surface area contributed by atoms with Crippen molar-refractivity contribution in [2.45, 2.75) is 19.9 Å². The van der Waals surface area contributed by atoms with Crippen molar-refractivity contribution in [3.8, 4) is 11.3 Å². The van der Waals surface area contributed by atoms with Crippen LogP contribution in [0.4, 0.5) is 5.69 Å². The smallest absolute Gasteiger partial charge is 0.271 e. The molecule has 0 fully saturated rings. The topological polar surface area (TPSA) is 67.8 Å². The Labute approximate surface area is 220 Å². The highest BCUT2D eigenvalue weighted by molar-refractivity contribution is 9.10. The number of ketones is 1. The summed E-state index contributed by atoms with van der Waals surface area (Å²) in [7, 11) is 3.94. The number of aromatic nitrogens is 1. The molecule has 2 aromatic heterocycles. The van der Waals surface area contributed by atoms with Gasteiger partial charge in [-0.3, -0.25) is 14.2 Å². The van der Waals surface area contributed by atoms with Crippen LogP contribution in [0.15, 0.2) is 90.6 Å². The maximum absolute atomic E-state index is 13.7. The van der Waals surface area contributed by atoms with Crippen LogP contribution in [0.3, 0.4) is 0 Å². The minimum atomic E-state index is -0.535. The Morgan fingerprint density at radius 1 is 1.08 bits per heavy atom. The molecule has 5 rings (SSSR count). The number of carbonyl (C=O) groups excluding carboxylic acids is 1. The van der Waals surface area contributed by atoms with E-state index in [2.05, 4.69) is 20.9 Å². The SMILES string of the molecule is CC(=O)C1=C(C)N=c2s/c(=C/c3ccc(-c4ccc(Br)cc4)o3)c(=O)n2[C@H]1c1ccc(N(C)C)cc1. The maximum Gasteiger partial charge on any atom is 0.271 e. The number of hydrogen-bond acceptors (Lipinski definition) is 6. The van der Waals surface area contributed by atoms with E-state index in [-0.39, 0.29) is 11.3 Å². The van der Waals surface area contributed by atoms with Crippen LogP contribution < -0.4 is 19.8 Å². The van der Waals surface area contributed by atoms with E-state index >= 15 is 0 Å². The van der Waals surface area contributed by atoms with E-state index in [0.29, 0.717) is 26.4 Å². The highest BCUT2D eigenvalue weighted by Crippen LogP contribution is 2.31. The number of Topliss-reactive ketones (excluding diaryl/α,β-unsaturated/α-hetero) is 1. The van der Waals surface area contributed by atoms with Gasteiger partial charge in [0.15, 0.2) is 10.6 Å². The van der Waals surface area contributed by atoms with Crippen molar-refractivity contribution >= 4 is 44.8 Å². The predicted molar refractivity (Wildman–Crippen MR) is 147 cm³/mol. The monoisotopic (exact) mass is 561 g/mol. The zero-order valence-electron chi connectivity index (χ0n) is 20.3. The lowest BCUT2D eigenvalue weighted by Crippen LogP contribution is -2.39. The van der Waals surface area contributed by atoms with Crippen molar-refractivity contribution in [3.63, 3.8) is 0 Å². The molecular weight excluding hydrogens is 538 g/mol. The molecule has 2 aromatic carbocycles. The van der Waals surface area contributed by atoms with Crippen LogP contribution in [0, 0.1) is 0 Å². The lowest BCUT2D eigenvalue weighted by atomic mass is 9.93. The standard InChI is InChI=1S/C28H24BrN3O3S/c1-16-25(17(2)33)26(19-7-11-21(12-8-19)31(3)4)32-27(34)24(36-28(32)30-16)15-22-13-14-23(35-22)18-5-9-20(29)10-6-18/h5-15,26H,1-4H3/b24-15+/t26-/m0/s1. The number of halogens is 1. The quantitative estimate of drug-likeness (QED) is 0.347. The zero-order valence-corrected chi connectivity index (χ0v) is 22.7. The molecule has 0 radical (unpaired) electrons. The number of benzene rings is 2. The van der Waals surface area contributed by atoms with Crippen molar-refractivity contribution in [3.05, 3.63) is 107 Å². The van der Waals surface area contributed by atoms with E-state index < -0.39 is 6.04 Å². The van der Waals surface area contributed by atoms with Crippen LogP contribution in [0.25, 0.3) is 17.4 Å². The molecule has 0 saturated carbocycles. The Kier molecular flexibility index (Phi) is 6.40. The number of hydrogen-bond donors (Lipinski definition) is 0. The lowest BCUT2D eigenvalue weighted by Gasteiger charge is -2.25. The Morgan fingerprint density at radius 2 is 1.78 bits per heavy atom. The second kappa shape index (κ2) is 9.52. The van der Waals surface area contributed by atoms with Gasteiger partial charge in [0.05, 0.1) is 10.6 Å². The summed E-state index contributed by atoms with van der Waals surface area (Å²) in [6, 6.07) is 19.0. The third-order valence-corrected chi connectivity index (χ3v) is 7.67. The van der Waals surface area contributed by atoms with Gasteiger partial charge in [0.2, 0.25) is 0 Å². The molecule has 36 heavy (non-hydrogen) atoms. The first kappa shape index (κ1) is 24.2. The number of thiazole rings is 1. The number of nitrogens with zero attached hydrogens (tertiary/aromatic N) is 3. The molecule has 8 heteroatoms. The summed E-state index contributed by atoms with van der Waals surface area (Å²) in [6.07, 6.45) is 1.74. The molecular formula is C28H24BrN3O3S. The second-order valence-corrected chi connectivity index (χ2v) is 10.8. The van der Waals surface area contributed by atoms with Gasteiger partial charge in [0, 0.05) is 47.2 Å². The summed E-state index contributed by atoms with van der Waals surface area (Å²) in [4.78, 5) is 33.5. The number of rotatable bonds is 5. The Bertz CT molecular complexity index is 1670. The van der Waals surface area contributed by atoms with Crippen molar-refractivity contribution in [1.82, 2.24) is 4.57 Å². The van der Waals surface area contributed by atoms with Gasteiger partial charge >= 0.3 is 0 Å². The first-order valence-electron chi connectivity index (χ1n) is 11.4. The van der Waals surface area contributed by atoms with Gasteiger partial charge in [-0.2, -0.15) is 0 Å². The molecule has 1 aliphatic rings. The molecule has 6 nitrogen and oxygen atoms in total. The average molecular weight is 562 g/mol. The highest BCUT2D eigenvalue weighted by atomic mass is 79.9. The lowest BCUT2D eigenvalue weighted by molar-refractivity contribution is -0.114. The molecule has 4 aromatic rings. The van der Waals surface area contributed by atoms with Crippen LogP contribution in [0.5, 0.6) is 0 Å². The fraction of sp³-hybridized carbons (Fsp3) is 0.179. The van der Waals surface area contributed by atoms with Crippen LogP contribution in [0.1, 0.15) is 31.2 Å². The van der Waals surface area contributed by atoms with Crippen molar-refractivity contribution in [2.24, 2.45) is 4.99 Å². The van der Waals surface area contributed by atoms with Crippen molar-refractivity contribution < 1.29 is 9.21 Å². The van der Waals surface area contributed by atoms with Gasteiger partial charge < -0.3 is 9.32 Å². The molecule has 0 unspecified atom stereocenters. The number of allylic oxidation sites excluding steroid dienone is 2. The van der Waals surface area contributed by atoms with Gasteiger partial charge in [-0.25, -0.2) is 4.99 Å². The molecule has 1 aliphatic heterocycles. The van der Waals surface area contributed by atoms with Crippen LogP contribution >= 0.6 is 27.3 Å². The fourth-order valence-electron chi connectivity index (χ4n) is 4.37. The minimum absolute atomic E-state index is 0.0996. The first-order chi connectivity index (χ1) is 17.2. The molecule has 0 aliphatic carbocycles. The Balaban J connectivity index is 1.62. The largest absolute Gasteiger partial charge is 0.457 e. The summed E-state index contributed by atoms with van der Waals surface area (Å²) in [5.41, 5.74) is 3.81. The van der Waals surface area contributed by atoms with E-state index in [9.17, 15) is 9.59 Å². The third kappa shape index (κ3) is 4.42. The molecule has 3 heterocycles. The Hall–Kier alpha value is -3.49. The van der Waals surface area contributed by atoms with Gasteiger partial charge in [0.1, 0.15) is 11.5 Å². The maximum atomic E-state index is 13.7. The second-order valence-electron chi connectivity index (χ2n) is 8.83. The van der Waals surface area contributed by atoms with E-state index in [1.807, 2.05) is 86.6 Å². The summed E-state index contributed by atoms with van der Waals surface area (Å²) >= 11 is 4.74. The summed E-state index contributed by atoms with van der Waals surface area (Å²) < 4.78 is 9.13. The number of carbonyl (C=O) groups is 1. The molecule has 0 amide bonds. The molecule has 0 spiro atoms. The fourth-order valence-corrected chi connectivity index (χ4v) is 5.66. The molecule has 0 bridgehead atoms. The Morgan fingerprint density at radius 3 is 2.42 bits per heavy atom. The van der Waals surface area contributed by atoms with Gasteiger partial charge in [-0.1, -0.05) is 51.5 Å². The zero-order chi connectivity index (χ0) is 25.6. The molecule has 0 saturated heterocycles. The van der Waals surface area contributed by atoms with E-state index in [0.717, 1.165) is 27.0 Å². The van der Waals surface area contributed by atoms with Crippen LogP contribution in [-0.2, 0) is 4.79 Å². The summed E-state index contributed by atoms with van der Waals surface area (Å²) in [6.45, 7) is 3.35. The number of furan rings is 1. The highest BCUT2D eigenvalue weighted by Gasteiger charge is 2.30. The van der Waals surface area contributed by atoms with E-state index in [1.54, 1.807) is 10.6 Å². The molecule has 182 valence electrons. The normalized spacial score (nSPS) is 15.6. The summed E-state index contributed by atoms with van der Waals surface area (Å²) in [5, 5.41) is 0. The van der Waals surface area contributed by atoms with Gasteiger partial charge in [-0.05, 0) is 55.8 Å². The van der Waals surface area contributed by atoms with Gasteiger partial charge in [-0.15, -0.1) is 0 Å². The van der Waals surface area contributed by atoms with Crippen LogP contribution in [-0.4, -0.2) is 24.4 Å². The number of anilines is 1. The van der Waals surface area contributed by atoms with Gasteiger partial charge in [0.25, 0.3) is 5.56 Å². The average Bonchev–Trinajstić information content (AvgIpc) is 3.43. The number of fused-ring (bicyclic) bond motifs is 1. The van der Waals surface area contributed by atoms with Crippen LogP contribution in [0.2, 0.25) is 0 Å².